The fraction of sp³-hybridized carbons (Fsp3) is 0.500. The molecule has 5 rings (SSSR count). The van der Waals surface area contributed by atoms with Gasteiger partial charge in [0.15, 0.2) is 21.3 Å². The number of carbonyl (C=O) groups is 2. The summed E-state index contributed by atoms with van der Waals surface area (Å²) in [4.78, 5) is 35.8. The van der Waals surface area contributed by atoms with E-state index in [2.05, 4.69) is 25.9 Å². The van der Waals surface area contributed by atoms with E-state index in [0.29, 0.717) is 23.5 Å². The Kier molecular flexibility index (Phi) is 6.33. The van der Waals surface area contributed by atoms with Crippen LogP contribution in [0.1, 0.15) is 36.2 Å². The Morgan fingerprint density at radius 2 is 1.92 bits per heavy atom. The molecule has 1 aromatic carbocycles. The average molecular weight is 514 g/mol. The number of nitrogens with two attached hydrogens (primary N) is 1. The number of carbonyl (C=O) groups excluding carboxylic acids is 2. The number of nitrogens with zero attached hydrogens (tertiary/aromatic N) is 3. The number of sulfone groups is 1. The Bertz CT molecular complexity index is 1270. The van der Waals surface area contributed by atoms with Crippen LogP contribution in [0, 0.1) is 11.3 Å². The van der Waals surface area contributed by atoms with E-state index in [1.165, 1.54) is 18.3 Å². The lowest BCUT2D eigenvalue weighted by atomic mass is 9.58. The second kappa shape index (κ2) is 9.32. The van der Waals surface area contributed by atoms with Gasteiger partial charge in [-0.3, -0.25) is 9.59 Å². The topological polar surface area (TPSA) is 159 Å². The van der Waals surface area contributed by atoms with Crippen molar-refractivity contribution in [2.45, 2.75) is 36.6 Å². The van der Waals surface area contributed by atoms with Gasteiger partial charge in [-0.05, 0) is 55.4 Å². The van der Waals surface area contributed by atoms with Gasteiger partial charge in [0, 0.05) is 50.1 Å². The van der Waals surface area contributed by atoms with Crippen LogP contribution in [-0.2, 0) is 14.6 Å². The van der Waals surface area contributed by atoms with Crippen LogP contribution in [0.3, 0.4) is 0 Å². The lowest BCUT2D eigenvalue weighted by molar-refractivity contribution is -0.135. The highest BCUT2D eigenvalue weighted by molar-refractivity contribution is 7.90. The largest absolute Gasteiger partial charge is 0.364 e. The number of amides is 2. The highest BCUT2D eigenvalue weighted by Crippen LogP contribution is 2.48. The van der Waals surface area contributed by atoms with Crippen LogP contribution in [0.25, 0.3) is 0 Å². The van der Waals surface area contributed by atoms with Gasteiger partial charge < -0.3 is 26.6 Å². The first-order valence-corrected chi connectivity index (χ1v) is 14.0. The minimum atomic E-state index is -3.33. The molecule has 36 heavy (non-hydrogen) atoms. The quantitative estimate of drug-likeness (QED) is 0.420. The van der Waals surface area contributed by atoms with Gasteiger partial charge in [0.25, 0.3) is 5.91 Å². The third-order valence-corrected chi connectivity index (χ3v) is 8.49. The van der Waals surface area contributed by atoms with Gasteiger partial charge in [0.1, 0.15) is 5.82 Å². The van der Waals surface area contributed by atoms with E-state index in [-0.39, 0.29) is 34.3 Å². The Morgan fingerprint density at radius 1 is 1.19 bits per heavy atom. The van der Waals surface area contributed by atoms with Crippen LogP contribution in [0.15, 0.2) is 35.4 Å². The predicted octanol–water partition coefficient (Wildman–Crippen LogP) is 0.807. The third kappa shape index (κ3) is 5.00. The number of hydrogen-bond donors (Lipinski definition) is 4. The molecule has 3 fully saturated rings. The number of nitrogens with one attached hydrogen (secondary N) is 3. The second-order valence-corrected chi connectivity index (χ2v) is 12.2. The van der Waals surface area contributed by atoms with Crippen molar-refractivity contribution < 1.29 is 18.0 Å². The average Bonchev–Trinajstić information content (AvgIpc) is 2.77. The van der Waals surface area contributed by atoms with Crippen molar-refractivity contribution in [3.05, 3.63) is 36.2 Å². The number of anilines is 3. The number of aromatic nitrogens is 2. The zero-order chi connectivity index (χ0) is 25.5. The summed E-state index contributed by atoms with van der Waals surface area (Å²) in [6.45, 7) is 3.38. The Balaban J connectivity index is 1.27. The summed E-state index contributed by atoms with van der Waals surface area (Å²) in [5.74, 6) is 0.258. The van der Waals surface area contributed by atoms with Gasteiger partial charge in [-0.2, -0.15) is 0 Å². The molecule has 192 valence electrons. The van der Waals surface area contributed by atoms with Gasteiger partial charge in [-0.1, -0.05) is 0 Å². The van der Waals surface area contributed by atoms with Gasteiger partial charge in [0.05, 0.1) is 11.1 Å². The van der Waals surface area contributed by atoms with E-state index in [0.717, 1.165) is 51.6 Å². The number of primary amides is 1. The molecule has 0 bridgehead atoms. The van der Waals surface area contributed by atoms with Crippen molar-refractivity contribution >= 4 is 39.0 Å². The summed E-state index contributed by atoms with van der Waals surface area (Å²) in [7, 11) is -3.33. The van der Waals surface area contributed by atoms with E-state index in [1.807, 2.05) is 4.90 Å². The summed E-state index contributed by atoms with van der Waals surface area (Å²) in [5, 5.41) is 9.55. The van der Waals surface area contributed by atoms with Crippen molar-refractivity contribution in [3.63, 3.8) is 0 Å². The van der Waals surface area contributed by atoms with Crippen molar-refractivity contribution in [2.75, 3.05) is 42.7 Å². The molecule has 1 spiro atoms. The molecule has 2 aromatic rings. The van der Waals surface area contributed by atoms with Crippen LogP contribution in [0.5, 0.6) is 0 Å². The molecular weight excluding hydrogens is 482 g/mol. The van der Waals surface area contributed by atoms with Crippen LogP contribution < -0.4 is 26.6 Å². The normalized spacial score (nSPS) is 21.4. The zero-order valence-corrected chi connectivity index (χ0v) is 21.0. The summed E-state index contributed by atoms with van der Waals surface area (Å²) in [5.41, 5.74) is 6.39. The van der Waals surface area contributed by atoms with Crippen molar-refractivity contribution in [1.29, 1.82) is 0 Å². The second-order valence-electron chi connectivity index (χ2n) is 10.2. The smallest absolute Gasteiger partial charge is 0.271 e. The minimum absolute atomic E-state index is 0.0138. The molecule has 1 atom stereocenters. The van der Waals surface area contributed by atoms with Crippen molar-refractivity contribution in [1.82, 2.24) is 20.6 Å². The van der Waals surface area contributed by atoms with Crippen molar-refractivity contribution in [3.8, 4) is 0 Å². The summed E-state index contributed by atoms with van der Waals surface area (Å²) in [6, 6.07) is 6.14. The first-order valence-electron chi connectivity index (χ1n) is 12.1. The molecule has 1 aromatic heterocycles. The summed E-state index contributed by atoms with van der Waals surface area (Å²) < 4.78 is 23.4. The fourth-order valence-electron chi connectivity index (χ4n) is 5.28. The van der Waals surface area contributed by atoms with E-state index >= 15 is 0 Å². The van der Waals surface area contributed by atoms with E-state index in [4.69, 9.17) is 5.73 Å². The van der Waals surface area contributed by atoms with Gasteiger partial charge in [-0.15, -0.1) is 0 Å². The molecule has 2 saturated heterocycles. The molecule has 1 saturated carbocycles. The molecular formula is C24H31N7O4S. The minimum Gasteiger partial charge on any atom is -0.364 e. The highest BCUT2D eigenvalue weighted by Gasteiger charge is 2.51. The van der Waals surface area contributed by atoms with E-state index in [9.17, 15) is 18.0 Å². The monoisotopic (exact) mass is 513 g/mol. The van der Waals surface area contributed by atoms with Crippen molar-refractivity contribution in [2.24, 2.45) is 17.1 Å². The molecule has 1 aliphatic carbocycles. The lowest BCUT2D eigenvalue weighted by Crippen LogP contribution is -2.63. The van der Waals surface area contributed by atoms with Crippen LogP contribution in [-0.4, -0.2) is 68.7 Å². The lowest BCUT2D eigenvalue weighted by Gasteiger charge is -2.54. The van der Waals surface area contributed by atoms with Gasteiger partial charge >= 0.3 is 0 Å². The highest BCUT2D eigenvalue weighted by atomic mass is 32.2. The van der Waals surface area contributed by atoms with E-state index in [1.54, 1.807) is 12.1 Å². The standard InChI is InChI=1S/C24H31N7O4S/c1-36(34,35)18-6-4-16(5-7-18)28-22-20(21(25)32)27-11-19(30-22)31-8-2-3-17(12-31)29-23(33)15-9-24(10-15)13-26-14-24/h4-7,11,15,17,26H,2-3,8-10,12-14H2,1H3,(H2,25,32)(H,28,30)(H,29,33). The number of hydrogen-bond acceptors (Lipinski definition) is 9. The zero-order valence-electron chi connectivity index (χ0n) is 20.2. The SMILES string of the molecule is CS(=O)(=O)c1ccc(Nc2nc(N3CCCC(NC(=O)C4CC5(CNC5)C4)C3)cnc2C(N)=O)cc1. The molecule has 12 heteroatoms. The molecule has 5 N–H and O–H groups in total. The molecule has 0 radical (unpaired) electrons. The molecule has 3 aliphatic rings. The first kappa shape index (κ1) is 24.4. The Hall–Kier alpha value is -3.25. The fourth-order valence-corrected chi connectivity index (χ4v) is 5.91. The number of piperidine rings is 1. The predicted molar refractivity (Wildman–Crippen MR) is 135 cm³/mol. The van der Waals surface area contributed by atoms with Gasteiger partial charge in [-0.25, -0.2) is 18.4 Å². The van der Waals surface area contributed by atoms with Crippen LogP contribution >= 0.6 is 0 Å². The van der Waals surface area contributed by atoms with Gasteiger partial charge in [0.2, 0.25) is 5.91 Å². The molecule has 2 aliphatic heterocycles. The van der Waals surface area contributed by atoms with E-state index < -0.39 is 15.7 Å². The first-order chi connectivity index (χ1) is 17.1. The Labute approximate surface area is 210 Å². The summed E-state index contributed by atoms with van der Waals surface area (Å²) in [6.07, 6.45) is 6.36. The molecule has 1 unspecified atom stereocenters. The maximum absolute atomic E-state index is 12.8. The maximum atomic E-state index is 12.8. The number of rotatable bonds is 7. The Morgan fingerprint density at radius 3 is 2.53 bits per heavy atom. The molecule has 2 amide bonds. The summed E-state index contributed by atoms with van der Waals surface area (Å²) >= 11 is 0. The maximum Gasteiger partial charge on any atom is 0.271 e. The molecule has 3 heterocycles. The molecule has 11 nitrogen and oxygen atoms in total. The third-order valence-electron chi connectivity index (χ3n) is 7.36. The van der Waals surface area contributed by atoms with Crippen LogP contribution in [0.2, 0.25) is 0 Å². The van der Waals surface area contributed by atoms with Crippen LogP contribution in [0.4, 0.5) is 17.3 Å². The number of benzene rings is 1.